The lowest BCUT2D eigenvalue weighted by atomic mass is 10.0. The van der Waals surface area contributed by atoms with Gasteiger partial charge in [0.1, 0.15) is 6.29 Å². The Morgan fingerprint density at radius 1 is 1.57 bits per heavy atom. The van der Waals surface area contributed by atoms with E-state index in [1.165, 1.54) is 6.07 Å². The predicted molar refractivity (Wildman–Crippen MR) is 60.3 cm³/mol. The van der Waals surface area contributed by atoms with Crippen molar-refractivity contribution >= 4 is 34.6 Å². The Morgan fingerprint density at radius 2 is 2.21 bits per heavy atom. The molecule has 74 valence electrons. The van der Waals surface area contributed by atoms with Gasteiger partial charge in [0.15, 0.2) is 0 Å². The van der Waals surface area contributed by atoms with Gasteiger partial charge in [0, 0.05) is 12.0 Å². The molecule has 0 amide bonds. The predicted octanol–water partition coefficient (Wildman–Crippen LogP) is 2.50. The van der Waals surface area contributed by atoms with Crippen LogP contribution in [0, 0.1) is 13.7 Å². The molecule has 1 aromatic carbocycles. The molecule has 5 heteroatoms. The number of aldehydes is 1. The minimum absolute atomic E-state index is 0.0526. The Morgan fingerprint density at radius 3 is 2.71 bits per heavy atom. The van der Waals surface area contributed by atoms with E-state index in [0.717, 1.165) is 6.29 Å². The van der Waals surface area contributed by atoms with Gasteiger partial charge in [-0.1, -0.05) is 19.1 Å². The molecule has 1 atom stereocenters. The molecule has 0 N–H and O–H groups in total. The van der Waals surface area contributed by atoms with Crippen molar-refractivity contribution in [1.82, 2.24) is 0 Å². The summed E-state index contributed by atoms with van der Waals surface area (Å²) in [5.41, 5.74) is 0.756. The molecule has 0 saturated carbocycles. The van der Waals surface area contributed by atoms with Crippen molar-refractivity contribution < 1.29 is 9.72 Å². The fourth-order valence-electron chi connectivity index (χ4n) is 1.10. The molecule has 1 rings (SSSR count). The second kappa shape index (κ2) is 4.50. The van der Waals surface area contributed by atoms with E-state index in [4.69, 9.17) is 0 Å². The summed E-state index contributed by atoms with van der Waals surface area (Å²) in [6, 6.07) is 4.76. The number of benzene rings is 1. The van der Waals surface area contributed by atoms with Crippen molar-refractivity contribution in [2.24, 2.45) is 0 Å². The molecule has 0 bridgehead atoms. The summed E-state index contributed by atoms with van der Waals surface area (Å²) in [4.78, 5) is 20.7. The van der Waals surface area contributed by atoms with Crippen LogP contribution < -0.4 is 0 Å². The summed E-state index contributed by atoms with van der Waals surface area (Å²) in [6.07, 6.45) is 0.779. The molecule has 1 unspecified atom stereocenters. The van der Waals surface area contributed by atoms with Crippen LogP contribution in [-0.4, -0.2) is 11.2 Å². The molecule has 4 nitrogen and oxygen atoms in total. The third-order valence-corrected chi connectivity index (χ3v) is 3.08. The van der Waals surface area contributed by atoms with Crippen LogP contribution in [0.15, 0.2) is 18.2 Å². The van der Waals surface area contributed by atoms with E-state index in [9.17, 15) is 14.9 Å². The average molecular weight is 305 g/mol. The molecular formula is C9H8INO3. The monoisotopic (exact) mass is 305 g/mol. The Labute approximate surface area is 94.6 Å². The third-order valence-electron chi connectivity index (χ3n) is 1.90. The van der Waals surface area contributed by atoms with Gasteiger partial charge in [0.2, 0.25) is 0 Å². The number of rotatable bonds is 3. The molecule has 0 aliphatic carbocycles. The van der Waals surface area contributed by atoms with Crippen molar-refractivity contribution in [3.63, 3.8) is 0 Å². The quantitative estimate of drug-likeness (QED) is 0.373. The molecule has 0 saturated heterocycles. The third kappa shape index (κ3) is 2.09. The second-order valence-corrected chi connectivity index (χ2v) is 3.94. The van der Waals surface area contributed by atoms with Crippen LogP contribution in [0.4, 0.5) is 5.69 Å². The first kappa shape index (κ1) is 11.1. The van der Waals surface area contributed by atoms with E-state index in [0.29, 0.717) is 9.13 Å². The SMILES string of the molecule is CC(C=O)c1cccc([N+](=O)[O-])c1I. The van der Waals surface area contributed by atoms with Gasteiger partial charge in [-0.3, -0.25) is 10.1 Å². The fraction of sp³-hybridized carbons (Fsp3) is 0.222. The van der Waals surface area contributed by atoms with Crippen LogP contribution in [0.25, 0.3) is 0 Å². The number of carbonyl (C=O) groups excluding carboxylic acids is 1. The average Bonchev–Trinajstić information content (AvgIpc) is 2.16. The maximum atomic E-state index is 10.6. The van der Waals surface area contributed by atoms with Gasteiger partial charge < -0.3 is 4.79 Å². The number of hydrogen-bond acceptors (Lipinski definition) is 3. The second-order valence-electron chi connectivity index (χ2n) is 2.86. The van der Waals surface area contributed by atoms with E-state index in [2.05, 4.69) is 0 Å². The van der Waals surface area contributed by atoms with Gasteiger partial charge in [0.25, 0.3) is 5.69 Å². The first-order valence-corrected chi connectivity index (χ1v) is 5.04. The Bertz CT molecular complexity index is 378. The summed E-state index contributed by atoms with van der Waals surface area (Å²) in [7, 11) is 0. The van der Waals surface area contributed by atoms with E-state index >= 15 is 0 Å². The molecule has 0 aliphatic rings. The molecular weight excluding hydrogens is 297 g/mol. The van der Waals surface area contributed by atoms with Gasteiger partial charge >= 0.3 is 0 Å². The maximum absolute atomic E-state index is 10.6. The maximum Gasteiger partial charge on any atom is 0.282 e. The van der Waals surface area contributed by atoms with Gasteiger partial charge in [-0.2, -0.15) is 0 Å². The Balaban J connectivity index is 3.26. The number of halogens is 1. The highest BCUT2D eigenvalue weighted by Crippen LogP contribution is 2.28. The normalized spacial score (nSPS) is 12.1. The smallest absolute Gasteiger partial charge is 0.282 e. The lowest BCUT2D eigenvalue weighted by Crippen LogP contribution is -2.00. The summed E-state index contributed by atoms with van der Waals surface area (Å²) >= 11 is 1.89. The zero-order valence-electron chi connectivity index (χ0n) is 7.44. The van der Waals surface area contributed by atoms with Crippen molar-refractivity contribution in [3.05, 3.63) is 37.4 Å². The van der Waals surface area contributed by atoms with E-state index in [1.54, 1.807) is 19.1 Å². The van der Waals surface area contributed by atoms with Gasteiger partial charge in [-0.25, -0.2) is 0 Å². The van der Waals surface area contributed by atoms with Crippen LogP contribution in [-0.2, 0) is 4.79 Å². The highest BCUT2D eigenvalue weighted by atomic mass is 127. The van der Waals surface area contributed by atoms with Crippen LogP contribution in [0.5, 0.6) is 0 Å². The number of nitro groups is 1. The molecule has 14 heavy (non-hydrogen) atoms. The van der Waals surface area contributed by atoms with E-state index in [-0.39, 0.29) is 11.6 Å². The van der Waals surface area contributed by atoms with Gasteiger partial charge in [-0.15, -0.1) is 0 Å². The summed E-state index contributed by atoms with van der Waals surface area (Å²) < 4.78 is 0.537. The molecule has 0 aliphatic heterocycles. The number of nitro benzene ring substituents is 1. The molecule has 0 fully saturated rings. The summed E-state index contributed by atoms with van der Waals surface area (Å²) in [5.74, 6) is -0.304. The molecule has 0 radical (unpaired) electrons. The first-order valence-electron chi connectivity index (χ1n) is 3.96. The van der Waals surface area contributed by atoms with Crippen LogP contribution in [0.1, 0.15) is 18.4 Å². The zero-order chi connectivity index (χ0) is 10.7. The van der Waals surface area contributed by atoms with Gasteiger partial charge in [-0.05, 0) is 28.2 Å². The van der Waals surface area contributed by atoms with Crippen molar-refractivity contribution in [1.29, 1.82) is 0 Å². The summed E-state index contributed by atoms with van der Waals surface area (Å²) in [6.45, 7) is 1.72. The van der Waals surface area contributed by atoms with Crippen molar-refractivity contribution in [2.75, 3.05) is 0 Å². The first-order chi connectivity index (χ1) is 6.57. The number of nitrogens with zero attached hydrogens (tertiary/aromatic N) is 1. The topological polar surface area (TPSA) is 60.2 Å². The van der Waals surface area contributed by atoms with Crippen molar-refractivity contribution in [2.45, 2.75) is 12.8 Å². The largest absolute Gasteiger partial charge is 0.303 e. The molecule has 0 heterocycles. The minimum atomic E-state index is -0.442. The lowest BCUT2D eigenvalue weighted by molar-refractivity contribution is -0.385. The fourth-order valence-corrected chi connectivity index (χ4v) is 2.15. The molecule has 1 aromatic rings. The minimum Gasteiger partial charge on any atom is -0.303 e. The highest BCUT2D eigenvalue weighted by molar-refractivity contribution is 14.1. The Hall–Kier alpha value is -0.980. The van der Waals surface area contributed by atoms with Crippen LogP contribution >= 0.6 is 22.6 Å². The van der Waals surface area contributed by atoms with Gasteiger partial charge in [0.05, 0.1) is 8.49 Å². The molecule has 0 spiro atoms. The molecule has 0 aromatic heterocycles. The van der Waals surface area contributed by atoms with Crippen molar-refractivity contribution in [3.8, 4) is 0 Å². The van der Waals surface area contributed by atoms with Crippen LogP contribution in [0.2, 0.25) is 0 Å². The standard InChI is InChI=1S/C9H8INO3/c1-6(5-12)7-3-2-4-8(9(7)10)11(13)14/h2-6H,1H3. The summed E-state index contributed by atoms with van der Waals surface area (Å²) in [5, 5.41) is 10.6. The number of hydrogen-bond donors (Lipinski definition) is 0. The highest BCUT2D eigenvalue weighted by Gasteiger charge is 2.17. The lowest BCUT2D eigenvalue weighted by Gasteiger charge is -2.06. The number of carbonyl (C=O) groups is 1. The van der Waals surface area contributed by atoms with Crippen LogP contribution in [0.3, 0.4) is 0 Å². The van der Waals surface area contributed by atoms with E-state index in [1.807, 2.05) is 22.6 Å². The zero-order valence-corrected chi connectivity index (χ0v) is 9.59. The van der Waals surface area contributed by atoms with E-state index < -0.39 is 4.92 Å². The Kier molecular flexibility index (Phi) is 3.56.